The molecule has 0 radical (unpaired) electrons. The Labute approximate surface area is 313 Å². The smallest absolute Gasteiger partial charge is 0.171 e. The summed E-state index contributed by atoms with van der Waals surface area (Å²) >= 11 is 3.63. The number of benzene rings is 8. The first-order chi connectivity index (χ1) is 26.1. The second-order valence-electron chi connectivity index (χ2n) is 13.6. The van der Waals surface area contributed by atoms with Crippen molar-refractivity contribution in [1.82, 2.24) is 0 Å². The van der Waals surface area contributed by atoms with Gasteiger partial charge in [0.05, 0.1) is 0 Å². The summed E-state index contributed by atoms with van der Waals surface area (Å²) in [4.78, 5) is 0. The fraction of sp³-hybridized carbons (Fsp3) is 0. The summed E-state index contributed by atoms with van der Waals surface area (Å²) in [6.07, 6.45) is 0. The van der Waals surface area contributed by atoms with Gasteiger partial charge < -0.3 is 8.98 Å². The van der Waals surface area contributed by atoms with Gasteiger partial charge in [-0.05, 0) is 95.1 Å². The predicted octanol–water partition coefficient (Wildman–Crippen LogP) is 13.3. The lowest BCUT2D eigenvalue weighted by Gasteiger charge is -2.20. The fourth-order valence-electron chi connectivity index (χ4n) is 7.91. The summed E-state index contributed by atoms with van der Waals surface area (Å²) in [5.41, 5.74) is 6.56. The van der Waals surface area contributed by atoms with Crippen LogP contribution < -0.4 is 15.9 Å². The van der Waals surface area contributed by atoms with Crippen LogP contribution in [0.1, 0.15) is 0 Å². The normalized spacial score (nSPS) is 12.2. The van der Waals surface area contributed by atoms with Gasteiger partial charge in [-0.1, -0.05) is 103 Å². The molecule has 11 rings (SSSR count). The Balaban J connectivity index is 1.03. The molecule has 11 aromatic rings. The van der Waals surface area contributed by atoms with Gasteiger partial charge in [-0.15, -0.1) is 22.7 Å². The van der Waals surface area contributed by atoms with Crippen LogP contribution in [-0.4, -0.2) is 0 Å². The third kappa shape index (κ3) is 4.87. The minimum Gasteiger partial charge on any atom is -0.456 e. The molecule has 8 aromatic carbocycles. The first-order valence-corrected chi connectivity index (χ1v) is 21.0. The fourth-order valence-corrected chi connectivity index (χ4v) is 12.7. The summed E-state index contributed by atoms with van der Waals surface area (Å²) in [5.74, 6) is 0. The van der Waals surface area contributed by atoms with Crippen molar-refractivity contribution in [1.29, 1.82) is 0 Å². The molecule has 3 aromatic heterocycles. The van der Waals surface area contributed by atoms with Gasteiger partial charge in [-0.3, -0.25) is 0 Å². The maximum atomic E-state index is 15.2. The maximum absolute atomic E-state index is 15.2. The lowest BCUT2D eigenvalue weighted by molar-refractivity contribution is 0.592. The standard InChI is InChI=1S/C48H29O2PS2/c49-51(34-9-3-1-4-10-34,35-11-5-2-6-12-35)36-19-24-48-42(29-36)41-28-33(18-23-47(41)53-48)32-17-22-46-40(27-32)39-26-31(16-21-45(39)52-46)30-15-20-44-38(25-30)37-13-7-8-14-43(37)50-44/h1-29H. The van der Waals surface area contributed by atoms with E-state index in [1.54, 1.807) is 11.3 Å². The molecule has 0 atom stereocenters. The molecule has 2 nitrogen and oxygen atoms in total. The Bertz CT molecular complexity index is 3220. The third-order valence-corrected chi connectivity index (χ3v) is 15.9. The van der Waals surface area contributed by atoms with E-state index in [1.165, 1.54) is 57.2 Å². The van der Waals surface area contributed by atoms with E-state index in [0.717, 1.165) is 43.2 Å². The number of furan rings is 1. The molecule has 0 saturated heterocycles. The van der Waals surface area contributed by atoms with E-state index >= 15 is 4.57 Å². The van der Waals surface area contributed by atoms with Gasteiger partial charge in [0.25, 0.3) is 0 Å². The molecule has 5 heteroatoms. The lowest BCUT2D eigenvalue weighted by Crippen LogP contribution is -2.24. The maximum Gasteiger partial charge on any atom is 0.171 e. The highest BCUT2D eigenvalue weighted by atomic mass is 32.1. The van der Waals surface area contributed by atoms with Gasteiger partial charge in [0.2, 0.25) is 0 Å². The molecule has 250 valence electrons. The van der Waals surface area contributed by atoms with Crippen molar-refractivity contribution in [2.24, 2.45) is 0 Å². The number of hydrogen-bond donors (Lipinski definition) is 0. The first kappa shape index (κ1) is 30.8. The van der Waals surface area contributed by atoms with E-state index in [-0.39, 0.29) is 0 Å². The van der Waals surface area contributed by atoms with E-state index in [4.69, 9.17) is 4.42 Å². The Kier molecular flexibility index (Phi) is 6.91. The summed E-state index contributed by atoms with van der Waals surface area (Å²) < 4.78 is 26.3. The van der Waals surface area contributed by atoms with E-state index in [0.29, 0.717) is 0 Å². The van der Waals surface area contributed by atoms with Crippen molar-refractivity contribution < 1.29 is 8.98 Å². The average Bonchev–Trinajstić information content (AvgIpc) is 3.91. The van der Waals surface area contributed by atoms with Crippen LogP contribution in [0.3, 0.4) is 0 Å². The van der Waals surface area contributed by atoms with Gasteiger partial charge in [0, 0.05) is 67.0 Å². The average molecular weight is 733 g/mol. The number of fused-ring (bicyclic) bond motifs is 9. The zero-order valence-electron chi connectivity index (χ0n) is 28.3. The van der Waals surface area contributed by atoms with E-state index in [9.17, 15) is 0 Å². The van der Waals surface area contributed by atoms with Crippen LogP contribution in [0.4, 0.5) is 0 Å². The van der Waals surface area contributed by atoms with Crippen LogP contribution in [0.5, 0.6) is 0 Å². The molecule has 0 aliphatic carbocycles. The molecule has 0 N–H and O–H groups in total. The van der Waals surface area contributed by atoms with Crippen molar-refractivity contribution in [3.8, 4) is 22.3 Å². The van der Waals surface area contributed by atoms with Crippen LogP contribution in [0, 0.1) is 0 Å². The lowest BCUT2D eigenvalue weighted by atomic mass is 9.98. The first-order valence-electron chi connectivity index (χ1n) is 17.7. The molecular weight excluding hydrogens is 704 g/mol. The molecule has 0 unspecified atom stereocenters. The van der Waals surface area contributed by atoms with Crippen LogP contribution in [0.25, 0.3) is 84.5 Å². The quantitative estimate of drug-likeness (QED) is 0.165. The van der Waals surface area contributed by atoms with Gasteiger partial charge in [-0.25, -0.2) is 0 Å². The molecular formula is C48H29O2PS2. The van der Waals surface area contributed by atoms with Gasteiger partial charge in [0.1, 0.15) is 11.2 Å². The Morgan fingerprint density at radius 2 is 0.755 bits per heavy atom. The SMILES string of the molecule is O=P(c1ccccc1)(c1ccccc1)c1ccc2sc3ccc(-c4ccc5sc6ccc(-c7ccc8oc9ccccc9c8c7)cc6c5c4)cc3c2c1. The van der Waals surface area contributed by atoms with E-state index in [2.05, 4.69) is 103 Å². The molecule has 53 heavy (non-hydrogen) atoms. The molecule has 0 spiro atoms. The van der Waals surface area contributed by atoms with Crippen molar-refractivity contribution in [3.63, 3.8) is 0 Å². The molecule has 0 saturated carbocycles. The summed E-state index contributed by atoms with van der Waals surface area (Å²) in [5, 5.41) is 9.71. The van der Waals surface area contributed by atoms with Gasteiger partial charge in [-0.2, -0.15) is 0 Å². The van der Waals surface area contributed by atoms with Crippen LogP contribution in [-0.2, 0) is 4.57 Å². The van der Waals surface area contributed by atoms with E-state index < -0.39 is 7.14 Å². The van der Waals surface area contributed by atoms with Gasteiger partial charge >= 0.3 is 0 Å². The Hall–Kier alpha value is -5.77. The Morgan fingerprint density at radius 1 is 0.340 bits per heavy atom. The van der Waals surface area contributed by atoms with E-state index in [1.807, 2.05) is 84.1 Å². The zero-order valence-corrected chi connectivity index (χ0v) is 30.9. The molecule has 3 heterocycles. The number of rotatable bonds is 5. The topological polar surface area (TPSA) is 30.2 Å². The molecule has 0 aliphatic rings. The van der Waals surface area contributed by atoms with Crippen molar-refractivity contribution in [3.05, 3.63) is 176 Å². The summed E-state index contributed by atoms with van der Waals surface area (Å²) in [6.45, 7) is 0. The Morgan fingerprint density at radius 3 is 1.30 bits per heavy atom. The molecule has 0 fully saturated rings. The summed E-state index contributed by atoms with van der Waals surface area (Å²) in [7, 11) is -3.09. The monoisotopic (exact) mass is 732 g/mol. The molecule has 0 bridgehead atoms. The minimum absolute atomic E-state index is 0.848. The summed E-state index contributed by atoms with van der Waals surface area (Å²) in [6, 6.07) is 61.5. The van der Waals surface area contributed by atoms with Crippen LogP contribution in [0.2, 0.25) is 0 Å². The highest BCUT2D eigenvalue weighted by Crippen LogP contribution is 2.45. The van der Waals surface area contributed by atoms with Gasteiger partial charge in [0.15, 0.2) is 7.14 Å². The highest BCUT2D eigenvalue weighted by molar-refractivity contribution is 7.85. The molecule has 0 amide bonds. The number of thiophene rings is 2. The highest BCUT2D eigenvalue weighted by Gasteiger charge is 2.30. The second kappa shape index (κ2) is 11.9. The third-order valence-electron chi connectivity index (χ3n) is 10.6. The van der Waals surface area contributed by atoms with Crippen LogP contribution >= 0.6 is 29.8 Å². The number of hydrogen-bond acceptors (Lipinski definition) is 4. The second-order valence-corrected chi connectivity index (χ2v) is 18.5. The van der Waals surface area contributed by atoms with Crippen molar-refractivity contribution >= 4 is 108 Å². The molecule has 0 aliphatic heterocycles. The minimum atomic E-state index is -3.09. The number of para-hydroxylation sites is 1. The predicted molar refractivity (Wildman–Crippen MR) is 230 cm³/mol. The zero-order chi connectivity index (χ0) is 35.1. The van der Waals surface area contributed by atoms with Crippen LogP contribution in [0.15, 0.2) is 180 Å². The van der Waals surface area contributed by atoms with Crippen molar-refractivity contribution in [2.45, 2.75) is 0 Å². The van der Waals surface area contributed by atoms with Crippen molar-refractivity contribution in [2.75, 3.05) is 0 Å². The largest absolute Gasteiger partial charge is 0.456 e.